The number of aromatic nitrogens is 6. The number of nitrogens with one attached hydrogen (secondary N) is 1. The summed E-state index contributed by atoms with van der Waals surface area (Å²) < 4.78 is 3.51. The van der Waals surface area contributed by atoms with Gasteiger partial charge in [0.05, 0.1) is 5.69 Å². The summed E-state index contributed by atoms with van der Waals surface area (Å²) in [6.07, 6.45) is 1.04. The fraction of sp³-hybridized carbons (Fsp3) is 0.318. The molecule has 30 heavy (non-hydrogen) atoms. The normalized spacial score (nSPS) is 11.2. The van der Waals surface area contributed by atoms with Crippen LogP contribution in [0.4, 0.5) is 0 Å². The molecule has 0 aliphatic carbocycles. The summed E-state index contributed by atoms with van der Waals surface area (Å²) >= 11 is 0. The first-order valence-corrected chi connectivity index (χ1v) is 9.99. The minimum absolute atomic E-state index is 0.0294. The highest BCUT2D eigenvalue weighted by atomic mass is 16.1. The van der Waals surface area contributed by atoms with Gasteiger partial charge < -0.3 is 5.32 Å². The molecule has 3 heterocycles. The zero-order valence-corrected chi connectivity index (χ0v) is 17.7. The van der Waals surface area contributed by atoms with Gasteiger partial charge in [0.15, 0.2) is 17.3 Å². The quantitative estimate of drug-likeness (QED) is 0.535. The lowest BCUT2D eigenvalue weighted by Gasteiger charge is -2.07. The van der Waals surface area contributed by atoms with Crippen molar-refractivity contribution in [2.75, 3.05) is 0 Å². The molecule has 0 saturated heterocycles. The third-order valence-corrected chi connectivity index (χ3v) is 5.28. The molecule has 8 nitrogen and oxygen atoms in total. The van der Waals surface area contributed by atoms with Gasteiger partial charge in [-0.25, -0.2) is 4.68 Å². The zero-order chi connectivity index (χ0) is 21.3. The molecule has 8 heteroatoms. The first-order chi connectivity index (χ1) is 14.4. The van der Waals surface area contributed by atoms with Gasteiger partial charge in [-0.1, -0.05) is 29.8 Å². The van der Waals surface area contributed by atoms with E-state index in [4.69, 9.17) is 0 Å². The van der Waals surface area contributed by atoms with Crippen LogP contribution in [-0.2, 0) is 17.8 Å². The lowest BCUT2D eigenvalue weighted by molar-refractivity contribution is -0.121. The predicted molar refractivity (Wildman–Crippen MR) is 113 cm³/mol. The predicted octanol–water partition coefficient (Wildman–Crippen LogP) is 2.79. The minimum Gasteiger partial charge on any atom is -0.352 e. The van der Waals surface area contributed by atoms with E-state index in [0.717, 1.165) is 28.3 Å². The van der Waals surface area contributed by atoms with E-state index in [9.17, 15) is 4.79 Å². The molecule has 0 spiro atoms. The van der Waals surface area contributed by atoms with Gasteiger partial charge in [-0.05, 0) is 57.4 Å². The number of carbonyl (C=O) groups is 1. The van der Waals surface area contributed by atoms with Gasteiger partial charge in [0.2, 0.25) is 5.91 Å². The average Bonchev–Trinajstić information content (AvgIpc) is 3.25. The molecule has 3 aromatic heterocycles. The Labute approximate surface area is 174 Å². The molecule has 0 radical (unpaired) electrons. The van der Waals surface area contributed by atoms with Gasteiger partial charge in [0.1, 0.15) is 0 Å². The first-order valence-electron chi connectivity index (χ1n) is 9.99. The Morgan fingerprint density at radius 3 is 2.50 bits per heavy atom. The Kier molecular flexibility index (Phi) is 5.31. The maximum Gasteiger partial charge on any atom is 0.220 e. The minimum atomic E-state index is 0.0294. The van der Waals surface area contributed by atoms with Crippen LogP contribution in [0.2, 0.25) is 0 Å². The SMILES string of the molecule is Cc1ccc(CNC(=O)CCc2c(C)nn(-c3ccc4nnc(C)n4n3)c2C)cc1. The zero-order valence-electron chi connectivity index (χ0n) is 17.7. The molecule has 154 valence electrons. The van der Waals surface area contributed by atoms with E-state index >= 15 is 0 Å². The summed E-state index contributed by atoms with van der Waals surface area (Å²) in [6.45, 7) is 8.42. The van der Waals surface area contributed by atoms with Crippen molar-refractivity contribution in [2.24, 2.45) is 0 Å². The number of hydrogen-bond donors (Lipinski definition) is 1. The molecule has 0 bridgehead atoms. The average molecular weight is 403 g/mol. The third-order valence-electron chi connectivity index (χ3n) is 5.28. The second-order valence-corrected chi connectivity index (χ2v) is 7.53. The van der Waals surface area contributed by atoms with Crippen molar-refractivity contribution in [1.29, 1.82) is 0 Å². The number of aryl methyl sites for hydroxylation is 3. The number of hydrogen-bond acceptors (Lipinski definition) is 5. The maximum atomic E-state index is 12.3. The summed E-state index contributed by atoms with van der Waals surface area (Å²) in [5.74, 6) is 1.45. The van der Waals surface area contributed by atoms with Crippen molar-refractivity contribution >= 4 is 11.6 Å². The molecule has 1 aromatic carbocycles. The van der Waals surface area contributed by atoms with Gasteiger partial charge >= 0.3 is 0 Å². The molecule has 0 atom stereocenters. The first kappa shape index (κ1) is 19.8. The van der Waals surface area contributed by atoms with Crippen LogP contribution in [0.25, 0.3) is 11.5 Å². The Bertz CT molecular complexity index is 1200. The largest absolute Gasteiger partial charge is 0.352 e. The van der Waals surface area contributed by atoms with Gasteiger partial charge in [0.25, 0.3) is 0 Å². The standard InChI is InChI=1S/C22H25N7O/c1-14-5-7-18(8-6-14)13-23-22(30)12-9-19-15(2)26-28(16(19)3)21-11-10-20-25-24-17(4)29(20)27-21/h5-8,10-11H,9,12-13H2,1-4H3,(H,23,30). The van der Waals surface area contributed by atoms with E-state index in [2.05, 4.69) is 37.8 Å². The Hall–Kier alpha value is -3.55. The van der Waals surface area contributed by atoms with Crippen LogP contribution >= 0.6 is 0 Å². The van der Waals surface area contributed by atoms with Crippen LogP contribution in [0.15, 0.2) is 36.4 Å². The highest BCUT2D eigenvalue weighted by Gasteiger charge is 2.16. The lowest BCUT2D eigenvalue weighted by atomic mass is 10.1. The van der Waals surface area contributed by atoms with Crippen LogP contribution < -0.4 is 5.32 Å². The molecule has 0 aliphatic rings. The molecule has 1 amide bonds. The summed E-state index contributed by atoms with van der Waals surface area (Å²) in [5, 5.41) is 20.4. The van der Waals surface area contributed by atoms with Crippen molar-refractivity contribution < 1.29 is 4.79 Å². The van der Waals surface area contributed by atoms with Gasteiger partial charge in [-0.2, -0.15) is 9.61 Å². The molecule has 4 rings (SSSR count). The number of carbonyl (C=O) groups excluding carboxylic acids is 1. The summed E-state index contributed by atoms with van der Waals surface area (Å²) in [6, 6.07) is 11.9. The van der Waals surface area contributed by atoms with E-state index in [1.165, 1.54) is 5.56 Å². The molecular formula is C22H25N7O. The van der Waals surface area contributed by atoms with Gasteiger partial charge in [-0.15, -0.1) is 15.3 Å². The van der Waals surface area contributed by atoms with E-state index < -0.39 is 0 Å². The van der Waals surface area contributed by atoms with Crippen LogP contribution in [-0.4, -0.2) is 35.5 Å². The molecule has 0 saturated carbocycles. The molecule has 1 N–H and O–H groups in total. The second-order valence-electron chi connectivity index (χ2n) is 7.53. The van der Waals surface area contributed by atoms with Crippen LogP contribution in [0, 0.1) is 27.7 Å². The van der Waals surface area contributed by atoms with Gasteiger partial charge in [-0.3, -0.25) is 4.79 Å². The highest BCUT2D eigenvalue weighted by Crippen LogP contribution is 2.19. The van der Waals surface area contributed by atoms with E-state index in [0.29, 0.717) is 30.9 Å². The summed E-state index contributed by atoms with van der Waals surface area (Å²) in [5.41, 5.74) is 5.96. The van der Waals surface area contributed by atoms with Crippen LogP contribution in [0.5, 0.6) is 0 Å². The van der Waals surface area contributed by atoms with Crippen molar-refractivity contribution in [2.45, 2.75) is 47.1 Å². The topological polar surface area (TPSA) is 90.0 Å². The van der Waals surface area contributed by atoms with Crippen molar-refractivity contribution in [3.8, 4) is 5.82 Å². The Morgan fingerprint density at radius 2 is 1.73 bits per heavy atom. The van der Waals surface area contributed by atoms with Crippen molar-refractivity contribution in [3.63, 3.8) is 0 Å². The van der Waals surface area contributed by atoms with Crippen LogP contribution in [0.3, 0.4) is 0 Å². The second kappa shape index (κ2) is 8.06. The van der Waals surface area contributed by atoms with Crippen LogP contribution in [0.1, 0.15) is 40.3 Å². The summed E-state index contributed by atoms with van der Waals surface area (Å²) in [7, 11) is 0. The summed E-state index contributed by atoms with van der Waals surface area (Å²) in [4.78, 5) is 12.3. The molecule has 0 unspecified atom stereocenters. The molecule has 4 aromatic rings. The fourth-order valence-electron chi connectivity index (χ4n) is 3.49. The Balaban J connectivity index is 1.44. The number of amides is 1. The number of fused-ring (bicyclic) bond motifs is 1. The lowest BCUT2D eigenvalue weighted by Crippen LogP contribution is -2.23. The highest BCUT2D eigenvalue weighted by molar-refractivity contribution is 5.76. The maximum absolute atomic E-state index is 12.3. The molecule has 0 fully saturated rings. The monoisotopic (exact) mass is 403 g/mol. The van der Waals surface area contributed by atoms with E-state index in [-0.39, 0.29) is 5.91 Å². The number of rotatable bonds is 6. The number of benzene rings is 1. The molecular weight excluding hydrogens is 378 g/mol. The fourth-order valence-corrected chi connectivity index (χ4v) is 3.49. The molecule has 0 aliphatic heterocycles. The van der Waals surface area contributed by atoms with Crippen molar-refractivity contribution in [3.05, 3.63) is 70.3 Å². The van der Waals surface area contributed by atoms with Gasteiger partial charge in [0, 0.05) is 18.7 Å². The smallest absolute Gasteiger partial charge is 0.220 e. The third kappa shape index (κ3) is 3.94. The Morgan fingerprint density at radius 1 is 0.967 bits per heavy atom. The van der Waals surface area contributed by atoms with Crippen molar-refractivity contribution in [1.82, 2.24) is 34.9 Å². The van der Waals surface area contributed by atoms with E-state index in [1.54, 1.807) is 4.52 Å². The number of nitrogens with zero attached hydrogens (tertiary/aromatic N) is 6. The van der Waals surface area contributed by atoms with E-state index in [1.807, 2.05) is 56.6 Å².